The normalized spacial score (nSPS) is 10.4. The highest BCUT2D eigenvalue weighted by atomic mass is 19.1. The third kappa shape index (κ3) is 1.90. The summed E-state index contributed by atoms with van der Waals surface area (Å²) in [7, 11) is 0. The van der Waals surface area contributed by atoms with E-state index in [0.29, 0.717) is 5.39 Å². The van der Waals surface area contributed by atoms with Crippen molar-refractivity contribution in [3.63, 3.8) is 0 Å². The minimum Gasteiger partial charge on any atom is -0.507 e. The molecule has 0 amide bonds. The summed E-state index contributed by atoms with van der Waals surface area (Å²) in [6.07, 6.45) is 5.36. The van der Waals surface area contributed by atoms with E-state index in [1.807, 2.05) is 24.3 Å². The Morgan fingerprint density at radius 3 is 2.55 bits per heavy atom. The highest BCUT2D eigenvalue weighted by molar-refractivity contribution is 5.92. The highest BCUT2D eigenvalue weighted by Crippen LogP contribution is 2.32. The van der Waals surface area contributed by atoms with Crippen molar-refractivity contribution in [1.82, 2.24) is 0 Å². The number of aromatic hydroxyl groups is 1. The van der Waals surface area contributed by atoms with Crippen LogP contribution in [-0.4, -0.2) is 5.11 Å². The molecule has 0 aromatic heterocycles. The molecule has 0 unspecified atom stereocenters. The largest absolute Gasteiger partial charge is 0.507 e. The van der Waals surface area contributed by atoms with Crippen molar-refractivity contribution in [2.24, 2.45) is 0 Å². The zero-order valence-corrected chi connectivity index (χ0v) is 10.6. The minimum atomic E-state index is -0.393. The van der Waals surface area contributed by atoms with E-state index in [-0.39, 0.29) is 11.3 Å². The smallest absolute Gasteiger partial charge is 0.139 e. The summed E-state index contributed by atoms with van der Waals surface area (Å²) in [5.74, 6) is 2.21. The van der Waals surface area contributed by atoms with Gasteiger partial charge in [-0.15, -0.1) is 6.42 Å². The molecule has 3 rings (SSSR count). The number of phenolic OH excluding ortho intramolecular Hbond substituents is 1. The number of fused-ring (bicyclic) bond motifs is 1. The van der Waals surface area contributed by atoms with Crippen molar-refractivity contribution in [3.05, 3.63) is 66.0 Å². The fourth-order valence-corrected chi connectivity index (χ4v) is 2.34. The second-order valence-corrected chi connectivity index (χ2v) is 4.52. The van der Waals surface area contributed by atoms with E-state index in [1.54, 1.807) is 24.3 Å². The lowest BCUT2D eigenvalue weighted by Gasteiger charge is -2.08. The third-order valence-corrected chi connectivity index (χ3v) is 3.33. The summed E-state index contributed by atoms with van der Waals surface area (Å²) in [6, 6.07) is 15.7. The predicted molar refractivity (Wildman–Crippen MR) is 78.9 cm³/mol. The lowest BCUT2D eigenvalue weighted by atomic mass is 9.98. The van der Waals surface area contributed by atoms with Gasteiger partial charge in [0.2, 0.25) is 0 Å². The van der Waals surface area contributed by atoms with Gasteiger partial charge in [0.05, 0.1) is 5.56 Å². The Morgan fingerprint density at radius 2 is 1.80 bits per heavy atom. The molecule has 3 aromatic rings. The Bertz CT molecular complexity index is 844. The van der Waals surface area contributed by atoms with E-state index in [1.165, 1.54) is 6.07 Å². The standard InChI is InChI=1S/C18H11FO/c1-2-14-15-9-7-13(11-12(15)8-10-17(14)19)16-5-3-4-6-18(16)20/h1,3-11,20H. The molecule has 0 heterocycles. The number of benzene rings is 3. The highest BCUT2D eigenvalue weighted by Gasteiger charge is 2.08. The summed E-state index contributed by atoms with van der Waals surface area (Å²) in [6.45, 7) is 0. The molecule has 1 nitrogen and oxygen atoms in total. The van der Waals surface area contributed by atoms with Gasteiger partial charge in [0, 0.05) is 10.9 Å². The number of rotatable bonds is 1. The van der Waals surface area contributed by atoms with Gasteiger partial charge in [0.1, 0.15) is 11.6 Å². The van der Waals surface area contributed by atoms with Gasteiger partial charge in [-0.1, -0.05) is 42.3 Å². The van der Waals surface area contributed by atoms with Gasteiger partial charge in [0.25, 0.3) is 0 Å². The first-order valence-electron chi connectivity index (χ1n) is 6.18. The SMILES string of the molecule is C#Cc1c(F)ccc2cc(-c3ccccc3O)ccc12. The fraction of sp³-hybridized carbons (Fsp3) is 0. The molecule has 0 aliphatic heterocycles. The van der Waals surface area contributed by atoms with E-state index in [2.05, 4.69) is 5.92 Å². The molecule has 0 bridgehead atoms. The molecule has 20 heavy (non-hydrogen) atoms. The van der Waals surface area contributed by atoms with Gasteiger partial charge < -0.3 is 5.11 Å². The van der Waals surface area contributed by atoms with Gasteiger partial charge in [-0.3, -0.25) is 0 Å². The van der Waals surface area contributed by atoms with Crippen LogP contribution in [-0.2, 0) is 0 Å². The van der Waals surface area contributed by atoms with Crippen molar-refractivity contribution >= 4 is 10.8 Å². The zero-order chi connectivity index (χ0) is 14.1. The summed E-state index contributed by atoms with van der Waals surface area (Å²) in [5.41, 5.74) is 1.87. The Balaban J connectivity index is 2.26. The number of para-hydroxylation sites is 1. The molecule has 0 atom stereocenters. The summed E-state index contributed by atoms with van der Waals surface area (Å²) < 4.78 is 13.6. The van der Waals surface area contributed by atoms with Crippen LogP contribution in [0, 0.1) is 18.2 Å². The maximum Gasteiger partial charge on any atom is 0.139 e. The molecule has 0 fully saturated rings. The molecule has 3 aromatic carbocycles. The molecule has 0 aliphatic carbocycles. The van der Waals surface area contributed by atoms with Gasteiger partial charge >= 0.3 is 0 Å². The Morgan fingerprint density at radius 1 is 1.00 bits per heavy atom. The lowest BCUT2D eigenvalue weighted by molar-refractivity contribution is 0.477. The monoisotopic (exact) mass is 262 g/mol. The maximum atomic E-state index is 13.6. The maximum absolute atomic E-state index is 13.6. The van der Waals surface area contributed by atoms with E-state index >= 15 is 0 Å². The number of hydrogen-bond acceptors (Lipinski definition) is 1. The molecule has 2 heteroatoms. The van der Waals surface area contributed by atoms with Crippen LogP contribution in [0.1, 0.15) is 5.56 Å². The lowest BCUT2D eigenvalue weighted by Crippen LogP contribution is -1.87. The molecule has 1 N–H and O–H groups in total. The first-order valence-corrected chi connectivity index (χ1v) is 6.18. The molecule has 0 spiro atoms. The Labute approximate surface area is 116 Å². The van der Waals surface area contributed by atoms with Crippen LogP contribution in [0.3, 0.4) is 0 Å². The van der Waals surface area contributed by atoms with Crippen molar-refractivity contribution in [2.45, 2.75) is 0 Å². The molecular weight excluding hydrogens is 251 g/mol. The van der Waals surface area contributed by atoms with E-state index in [9.17, 15) is 9.50 Å². The Hall–Kier alpha value is -2.79. The van der Waals surface area contributed by atoms with Crippen LogP contribution < -0.4 is 0 Å². The number of terminal acetylenes is 1. The van der Waals surface area contributed by atoms with Crippen LogP contribution in [0.2, 0.25) is 0 Å². The second-order valence-electron chi connectivity index (χ2n) is 4.52. The molecule has 0 saturated carbocycles. The van der Waals surface area contributed by atoms with Crippen LogP contribution in [0.4, 0.5) is 4.39 Å². The number of halogens is 1. The summed E-state index contributed by atoms with van der Waals surface area (Å²) in [5, 5.41) is 11.4. The first kappa shape index (κ1) is 12.3. The minimum absolute atomic E-state index is 0.214. The first-order chi connectivity index (χ1) is 9.70. The van der Waals surface area contributed by atoms with Crippen molar-refractivity contribution in [3.8, 4) is 29.2 Å². The molecule has 0 radical (unpaired) electrons. The predicted octanol–water partition coefficient (Wildman–Crippen LogP) is 4.33. The third-order valence-electron chi connectivity index (χ3n) is 3.33. The van der Waals surface area contributed by atoms with E-state index < -0.39 is 5.82 Å². The van der Waals surface area contributed by atoms with Gasteiger partial charge in [-0.2, -0.15) is 0 Å². The Kier molecular flexibility index (Phi) is 2.89. The zero-order valence-electron chi connectivity index (χ0n) is 10.6. The van der Waals surface area contributed by atoms with Crippen molar-refractivity contribution in [1.29, 1.82) is 0 Å². The topological polar surface area (TPSA) is 20.2 Å². The van der Waals surface area contributed by atoms with Gasteiger partial charge in [-0.05, 0) is 29.1 Å². The average Bonchev–Trinajstić information content (AvgIpc) is 2.47. The number of phenols is 1. The van der Waals surface area contributed by atoms with Crippen molar-refractivity contribution < 1.29 is 9.50 Å². The second kappa shape index (κ2) is 4.71. The molecule has 0 saturated heterocycles. The quantitative estimate of drug-likeness (QED) is 0.647. The fourth-order valence-electron chi connectivity index (χ4n) is 2.34. The van der Waals surface area contributed by atoms with Crippen LogP contribution in [0.5, 0.6) is 5.75 Å². The number of hydrogen-bond donors (Lipinski definition) is 1. The van der Waals surface area contributed by atoms with Crippen LogP contribution in [0.25, 0.3) is 21.9 Å². The van der Waals surface area contributed by atoms with Gasteiger partial charge in [-0.25, -0.2) is 4.39 Å². The van der Waals surface area contributed by atoms with E-state index in [0.717, 1.165) is 16.5 Å². The molecular formula is C18H11FO. The summed E-state index contributed by atoms with van der Waals surface area (Å²) >= 11 is 0. The van der Waals surface area contributed by atoms with Crippen molar-refractivity contribution in [2.75, 3.05) is 0 Å². The average molecular weight is 262 g/mol. The van der Waals surface area contributed by atoms with Crippen LogP contribution >= 0.6 is 0 Å². The molecule has 96 valence electrons. The molecule has 0 aliphatic rings. The van der Waals surface area contributed by atoms with Crippen LogP contribution in [0.15, 0.2) is 54.6 Å². The summed E-state index contributed by atoms with van der Waals surface area (Å²) in [4.78, 5) is 0. The van der Waals surface area contributed by atoms with Gasteiger partial charge in [0.15, 0.2) is 0 Å². The van der Waals surface area contributed by atoms with E-state index in [4.69, 9.17) is 6.42 Å².